The van der Waals surface area contributed by atoms with E-state index in [4.69, 9.17) is 4.74 Å². The molecule has 5 nitrogen and oxygen atoms in total. The Morgan fingerprint density at radius 2 is 2.22 bits per heavy atom. The molecule has 0 spiro atoms. The van der Waals surface area contributed by atoms with Gasteiger partial charge in [-0.05, 0) is 13.8 Å². The van der Waals surface area contributed by atoms with E-state index in [1.807, 2.05) is 13.8 Å². The van der Waals surface area contributed by atoms with E-state index in [-0.39, 0.29) is 0 Å². The molecule has 0 bridgehead atoms. The molecule has 0 aliphatic heterocycles. The Labute approximate surface area is 113 Å². The lowest BCUT2D eigenvalue weighted by Gasteiger charge is -2.01. The van der Waals surface area contributed by atoms with Crippen LogP contribution in [0.25, 0.3) is 0 Å². The van der Waals surface area contributed by atoms with Crippen molar-refractivity contribution in [3.8, 4) is 0 Å². The van der Waals surface area contributed by atoms with Crippen molar-refractivity contribution in [1.29, 1.82) is 0 Å². The molecule has 1 unspecified atom stereocenters. The van der Waals surface area contributed by atoms with Crippen LogP contribution in [0.4, 0.5) is 5.13 Å². The van der Waals surface area contributed by atoms with Crippen molar-refractivity contribution in [2.45, 2.75) is 20.8 Å². The number of ether oxygens (including phenoxy) is 1. The molecule has 0 saturated carbocycles. The maximum absolute atomic E-state index is 11.6. The van der Waals surface area contributed by atoms with Gasteiger partial charge in [0, 0.05) is 33.7 Å². The molecule has 0 saturated heterocycles. The van der Waals surface area contributed by atoms with Crippen molar-refractivity contribution in [3.05, 3.63) is 10.6 Å². The third-order valence-corrected chi connectivity index (χ3v) is 4.43. The lowest BCUT2D eigenvalue weighted by molar-refractivity contribution is 0.0519. The maximum atomic E-state index is 11.6. The second-order valence-electron chi connectivity index (χ2n) is 3.50. The highest BCUT2D eigenvalue weighted by molar-refractivity contribution is 7.84. The fraction of sp³-hybridized carbons (Fsp3) is 0.636. The first-order chi connectivity index (χ1) is 8.58. The molecule has 0 amide bonds. The standard InChI is InChI=1S/C11H18N2O3S2/c1-4-16-10(14)9-8(3)17-11(13-9)12-6-7-18(15)5-2/h4-7H2,1-3H3,(H,12,13). The molecular weight excluding hydrogens is 272 g/mol. The zero-order valence-electron chi connectivity index (χ0n) is 10.8. The largest absolute Gasteiger partial charge is 0.461 e. The molecule has 1 aromatic heterocycles. The molecule has 0 aliphatic rings. The number of nitrogens with one attached hydrogen (secondary N) is 1. The van der Waals surface area contributed by atoms with Gasteiger partial charge in [-0.2, -0.15) is 0 Å². The van der Waals surface area contributed by atoms with Gasteiger partial charge in [0.05, 0.1) is 6.61 Å². The van der Waals surface area contributed by atoms with Gasteiger partial charge >= 0.3 is 5.97 Å². The highest BCUT2D eigenvalue weighted by Gasteiger charge is 2.16. The van der Waals surface area contributed by atoms with Crippen molar-refractivity contribution in [3.63, 3.8) is 0 Å². The predicted octanol–water partition coefficient (Wildman–Crippen LogP) is 1.81. The molecule has 18 heavy (non-hydrogen) atoms. The molecule has 0 aliphatic carbocycles. The number of hydrogen-bond donors (Lipinski definition) is 1. The van der Waals surface area contributed by atoms with Gasteiger partial charge in [0.25, 0.3) is 0 Å². The normalized spacial score (nSPS) is 12.2. The summed E-state index contributed by atoms with van der Waals surface area (Å²) in [7, 11) is -0.788. The lowest BCUT2D eigenvalue weighted by Crippen LogP contribution is -2.12. The Kier molecular flexibility index (Phi) is 6.28. The molecule has 7 heteroatoms. The molecular formula is C11H18N2O3S2. The van der Waals surface area contributed by atoms with Gasteiger partial charge in [0.15, 0.2) is 10.8 Å². The number of esters is 1. The topological polar surface area (TPSA) is 68.3 Å². The van der Waals surface area contributed by atoms with Gasteiger partial charge in [0.1, 0.15) is 0 Å². The van der Waals surface area contributed by atoms with Gasteiger partial charge in [-0.25, -0.2) is 9.78 Å². The number of hydrogen-bond acceptors (Lipinski definition) is 6. The summed E-state index contributed by atoms with van der Waals surface area (Å²) in [6, 6.07) is 0. The van der Waals surface area contributed by atoms with Crippen LogP contribution >= 0.6 is 11.3 Å². The number of carbonyl (C=O) groups is 1. The van der Waals surface area contributed by atoms with Crippen LogP contribution in [0, 0.1) is 6.92 Å². The maximum Gasteiger partial charge on any atom is 0.358 e. The lowest BCUT2D eigenvalue weighted by atomic mass is 10.4. The summed E-state index contributed by atoms with van der Waals surface area (Å²) in [5.74, 6) is 0.854. The highest BCUT2D eigenvalue weighted by Crippen LogP contribution is 2.22. The second-order valence-corrected chi connectivity index (χ2v) is 6.57. The highest BCUT2D eigenvalue weighted by atomic mass is 32.2. The van der Waals surface area contributed by atoms with Crippen LogP contribution in [-0.4, -0.2) is 39.8 Å². The van der Waals surface area contributed by atoms with Gasteiger partial charge < -0.3 is 10.1 Å². The average Bonchev–Trinajstić information content (AvgIpc) is 2.70. The number of nitrogens with zero attached hydrogens (tertiary/aromatic N) is 1. The quantitative estimate of drug-likeness (QED) is 0.776. The second kappa shape index (κ2) is 7.48. The van der Waals surface area contributed by atoms with Crippen LogP contribution in [-0.2, 0) is 15.5 Å². The van der Waals surface area contributed by atoms with Crippen LogP contribution in [0.1, 0.15) is 29.2 Å². The number of thiazole rings is 1. The minimum Gasteiger partial charge on any atom is -0.461 e. The van der Waals surface area contributed by atoms with E-state index >= 15 is 0 Å². The number of carbonyl (C=O) groups excluding carboxylic acids is 1. The Bertz CT molecular complexity index is 432. The predicted molar refractivity (Wildman–Crippen MR) is 74.8 cm³/mol. The van der Waals surface area contributed by atoms with E-state index in [2.05, 4.69) is 10.3 Å². The smallest absolute Gasteiger partial charge is 0.358 e. The van der Waals surface area contributed by atoms with Crippen LogP contribution < -0.4 is 5.32 Å². The monoisotopic (exact) mass is 290 g/mol. The van der Waals surface area contributed by atoms with Crippen molar-refractivity contribution >= 4 is 33.2 Å². The van der Waals surface area contributed by atoms with Gasteiger partial charge in [0.2, 0.25) is 0 Å². The molecule has 0 fully saturated rings. The third-order valence-electron chi connectivity index (χ3n) is 2.19. The first kappa shape index (κ1) is 15.1. The van der Waals surface area contributed by atoms with Crippen molar-refractivity contribution < 1.29 is 13.7 Å². The Morgan fingerprint density at radius 1 is 1.50 bits per heavy atom. The van der Waals surface area contributed by atoms with Crippen molar-refractivity contribution in [2.75, 3.05) is 30.0 Å². The fourth-order valence-corrected chi connectivity index (χ4v) is 2.72. The average molecular weight is 290 g/mol. The Balaban J connectivity index is 2.56. The third kappa shape index (κ3) is 4.38. The summed E-state index contributed by atoms with van der Waals surface area (Å²) in [5.41, 5.74) is 0.362. The van der Waals surface area contributed by atoms with E-state index < -0.39 is 16.8 Å². The van der Waals surface area contributed by atoms with Crippen LogP contribution in [0.2, 0.25) is 0 Å². The van der Waals surface area contributed by atoms with Crippen LogP contribution in [0.5, 0.6) is 0 Å². The number of anilines is 1. The summed E-state index contributed by atoms with van der Waals surface area (Å²) in [5, 5.41) is 3.74. The van der Waals surface area contributed by atoms with Gasteiger partial charge in [-0.3, -0.25) is 4.21 Å². The summed E-state index contributed by atoms with van der Waals surface area (Å²) in [6.45, 7) is 6.42. The van der Waals surface area contributed by atoms with E-state index in [9.17, 15) is 9.00 Å². The van der Waals surface area contributed by atoms with E-state index in [1.54, 1.807) is 6.92 Å². The van der Waals surface area contributed by atoms with E-state index in [0.717, 1.165) is 4.88 Å². The van der Waals surface area contributed by atoms with Crippen molar-refractivity contribution in [1.82, 2.24) is 4.98 Å². The molecule has 1 rings (SSSR count). The molecule has 1 N–H and O–H groups in total. The summed E-state index contributed by atoms with van der Waals surface area (Å²) < 4.78 is 16.2. The molecule has 102 valence electrons. The zero-order chi connectivity index (χ0) is 13.5. The van der Waals surface area contributed by atoms with Crippen molar-refractivity contribution in [2.24, 2.45) is 0 Å². The first-order valence-electron chi connectivity index (χ1n) is 5.81. The van der Waals surface area contributed by atoms with Gasteiger partial charge in [-0.15, -0.1) is 11.3 Å². The van der Waals surface area contributed by atoms with E-state index in [0.29, 0.717) is 35.5 Å². The fourth-order valence-electron chi connectivity index (χ4n) is 1.28. The number of aryl methyl sites for hydroxylation is 1. The Morgan fingerprint density at radius 3 is 2.83 bits per heavy atom. The number of aromatic nitrogens is 1. The molecule has 1 atom stereocenters. The SMILES string of the molecule is CCOC(=O)c1nc(NCCS(=O)CC)sc1C. The summed E-state index contributed by atoms with van der Waals surface area (Å²) in [6.07, 6.45) is 0. The van der Waals surface area contributed by atoms with E-state index in [1.165, 1.54) is 11.3 Å². The number of rotatable bonds is 7. The molecule has 1 heterocycles. The zero-order valence-corrected chi connectivity index (χ0v) is 12.4. The molecule has 1 aromatic rings. The summed E-state index contributed by atoms with van der Waals surface area (Å²) in [4.78, 5) is 16.6. The Hall–Kier alpha value is -0.950. The first-order valence-corrected chi connectivity index (χ1v) is 8.12. The van der Waals surface area contributed by atoms with Gasteiger partial charge in [-0.1, -0.05) is 6.92 Å². The van der Waals surface area contributed by atoms with Crippen LogP contribution in [0.15, 0.2) is 0 Å². The minimum atomic E-state index is -0.788. The molecule has 0 aromatic carbocycles. The van der Waals surface area contributed by atoms with Crippen LogP contribution in [0.3, 0.4) is 0 Å². The molecule has 0 radical (unpaired) electrons. The minimum absolute atomic E-state index is 0.341. The summed E-state index contributed by atoms with van der Waals surface area (Å²) >= 11 is 1.41.